The summed E-state index contributed by atoms with van der Waals surface area (Å²) in [5.74, 6) is 1.81. The second-order valence-corrected chi connectivity index (χ2v) is 5.95. The predicted octanol–water partition coefficient (Wildman–Crippen LogP) is 3.58. The molecule has 0 aromatic heterocycles. The number of rotatable bonds is 5. The Labute approximate surface area is 110 Å². The smallest absolute Gasteiger partial charge is 0.223 e. The topological polar surface area (TPSA) is 20.3 Å². The van der Waals surface area contributed by atoms with Gasteiger partial charge in [0, 0.05) is 24.9 Å². The molecule has 0 bridgehead atoms. The Morgan fingerprint density at radius 1 is 1.18 bits per heavy atom. The Hall–Kier alpha value is -0.240. The number of amides is 1. The minimum atomic E-state index is 0.411. The van der Waals surface area contributed by atoms with Gasteiger partial charge in [0.05, 0.1) is 0 Å². The predicted molar refractivity (Wildman–Crippen MR) is 71.3 cm³/mol. The van der Waals surface area contributed by atoms with Crippen LogP contribution in [0.15, 0.2) is 0 Å². The van der Waals surface area contributed by atoms with E-state index in [0.717, 1.165) is 31.7 Å². The Morgan fingerprint density at radius 2 is 1.94 bits per heavy atom. The van der Waals surface area contributed by atoms with Gasteiger partial charge in [-0.05, 0) is 44.4 Å². The first kappa shape index (κ1) is 13.2. The average Bonchev–Trinajstić information content (AvgIpc) is 2.96. The monoisotopic (exact) mass is 257 g/mol. The van der Waals surface area contributed by atoms with Gasteiger partial charge in [0.25, 0.3) is 0 Å². The largest absolute Gasteiger partial charge is 0.340 e. The highest BCUT2D eigenvalue weighted by Crippen LogP contribution is 2.30. The van der Waals surface area contributed by atoms with Crippen molar-refractivity contribution in [2.75, 3.05) is 12.4 Å². The lowest BCUT2D eigenvalue weighted by Crippen LogP contribution is -2.36. The molecule has 2 nitrogen and oxygen atoms in total. The molecule has 0 N–H and O–H groups in total. The second-order valence-electron chi connectivity index (χ2n) is 5.57. The van der Waals surface area contributed by atoms with E-state index >= 15 is 0 Å². The van der Waals surface area contributed by atoms with Crippen molar-refractivity contribution in [3.8, 4) is 0 Å². The molecule has 0 radical (unpaired) electrons. The molecule has 1 unspecified atom stereocenters. The van der Waals surface area contributed by atoms with E-state index < -0.39 is 0 Å². The van der Waals surface area contributed by atoms with E-state index in [9.17, 15) is 4.79 Å². The van der Waals surface area contributed by atoms with E-state index in [1.807, 2.05) is 0 Å². The van der Waals surface area contributed by atoms with Crippen LogP contribution in [0.5, 0.6) is 0 Å². The van der Waals surface area contributed by atoms with Crippen molar-refractivity contribution in [3.63, 3.8) is 0 Å². The van der Waals surface area contributed by atoms with Crippen LogP contribution in [0.2, 0.25) is 0 Å². The molecular formula is C14H24ClNO. The highest BCUT2D eigenvalue weighted by molar-refractivity contribution is 6.17. The number of hydrogen-bond acceptors (Lipinski definition) is 1. The number of carbonyl (C=O) groups excluding carboxylic acids is 1. The molecule has 0 aromatic carbocycles. The first-order valence-electron chi connectivity index (χ1n) is 7.16. The first-order chi connectivity index (χ1) is 8.31. The summed E-state index contributed by atoms with van der Waals surface area (Å²) in [6, 6.07) is 0.489. The van der Waals surface area contributed by atoms with Crippen LogP contribution in [0.1, 0.15) is 57.8 Å². The van der Waals surface area contributed by atoms with Crippen LogP contribution < -0.4 is 0 Å². The molecule has 2 rings (SSSR count). The summed E-state index contributed by atoms with van der Waals surface area (Å²) < 4.78 is 0. The van der Waals surface area contributed by atoms with Gasteiger partial charge in [-0.1, -0.05) is 12.8 Å². The number of alkyl halides is 1. The second kappa shape index (κ2) is 6.63. The zero-order valence-electron chi connectivity index (χ0n) is 10.7. The van der Waals surface area contributed by atoms with E-state index in [-0.39, 0.29) is 0 Å². The fraction of sp³-hybridized carbons (Fsp3) is 0.929. The lowest BCUT2D eigenvalue weighted by molar-refractivity contribution is -0.133. The molecule has 17 heavy (non-hydrogen) atoms. The molecule has 2 aliphatic rings. The average molecular weight is 258 g/mol. The van der Waals surface area contributed by atoms with Crippen molar-refractivity contribution in [1.82, 2.24) is 4.90 Å². The fourth-order valence-corrected chi connectivity index (χ4v) is 3.51. The van der Waals surface area contributed by atoms with Crippen LogP contribution in [-0.2, 0) is 4.79 Å². The van der Waals surface area contributed by atoms with Gasteiger partial charge in [0.2, 0.25) is 5.91 Å². The van der Waals surface area contributed by atoms with Crippen LogP contribution in [0.25, 0.3) is 0 Å². The van der Waals surface area contributed by atoms with E-state index in [1.165, 1.54) is 38.5 Å². The quantitative estimate of drug-likeness (QED) is 0.690. The Bertz CT molecular complexity index is 251. The third-order valence-electron chi connectivity index (χ3n) is 4.31. The third-order valence-corrected chi connectivity index (χ3v) is 4.57. The van der Waals surface area contributed by atoms with E-state index in [2.05, 4.69) is 4.90 Å². The Balaban J connectivity index is 1.80. The minimum Gasteiger partial charge on any atom is -0.340 e. The number of halogens is 1. The van der Waals surface area contributed by atoms with Crippen LogP contribution in [0.4, 0.5) is 0 Å². The van der Waals surface area contributed by atoms with Crippen molar-refractivity contribution in [2.45, 2.75) is 63.8 Å². The highest BCUT2D eigenvalue weighted by atomic mass is 35.5. The molecule has 2 fully saturated rings. The minimum absolute atomic E-state index is 0.411. The molecule has 1 aliphatic heterocycles. The summed E-state index contributed by atoms with van der Waals surface area (Å²) in [5.41, 5.74) is 0. The van der Waals surface area contributed by atoms with Gasteiger partial charge in [-0.3, -0.25) is 4.79 Å². The first-order valence-corrected chi connectivity index (χ1v) is 7.70. The fourth-order valence-electron chi connectivity index (χ4n) is 3.36. The molecule has 0 spiro atoms. The summed E-state index contributed by atoms with van der Waals surface area (Å²) in [5, 5.41) is 0. The zero-order valence-corrected chi connectivity index (χ0v) is 11.4. The molecule has 98 valence electrons. The van der Waals surface area contributed by atoms with Gasteiger partial charge in [-0.25, -0.2) is 0 Å². The lowest BCUT2D eigenvalue weighted by atomic mass is 10.0. The van der Waals surface area contributed by atoms with Gasteiger partial charge in [-0.15, -0.1) is 11.6 Å². The molecule has 1 atom stereocenters. The molecule has 1 saturated carbocycles. The van der Waals surface area contributed by atoms with Gasteiger partial charge >= 0.3 is 0 Å². The maximum absolute atomic E-state index is 12.3. The molecule has 0 aromatic rings. The van der Waals surface area contributed by atoms with Crippen molar-refractivity contribution < 1.29 is 4.79 Å². The summed E-state index contributed by atoms with van der Waals surface area (Å²) in [7, 11) is 0. The molecular weight excluding hydrogens is 234 g/mol. The van der Waals surface area contributed by atoms with Crippen molar-refractivity contribution in [2.24, 2.45) is 5.92 Å². The van der Waals surface area contributed by atoms with E-state index in [1.54, 1.807) is 0 Å². The lowest BCUT2D eigenvalue weighted by Gasteiger charge is -2.25. The Kier molecular flexibility index (Phi) is 5.15. The normalized spacial score (nSPS) is 25.7. The summed E-state index contributed by atoms with van der Waals surface area (Å²) in [6.07, 6.45) is 10.5. The molecule has 1 heterocycles. The van der Waals surface area contributed by atoms with Gasteiger partial charge in [-0.2, -0.15) is 0 Å². The summed E-state index contributed by atoms with van der Waals surface area (Å²) >= 11 is 5.74. The number of carbonyl (C=O) groups is 1. The van der Waals surface area contributed by atoms with Crippen LogP contribution in [0.3, 0.4) is 0 Å². The van der Waals surface area contributed by atoms with Gasteiger partial charge < -0.3 is 4.90 Å². The highest BCUT2D eigenvalue weighted by Gasteiger charge is 2.30. The molecule has 3 heteroatoms. The molecule has 1 amide bonds. The number of likely N-dealkylation sites (tertiary alicyclic amines) is 1. The van der Waals surface area contributed by atoms with Gasteiger partial charge in [0.1, 0.15) is 0 Å². The van der Waals surface area contributed by atoms with Crippen LogP contribution in [-0.4, -0.2) is 29.3 Å². The number of hydrogen-bond donors (Lipinski definition) is 0. The van der Waals surface area contributed by atoms with Crippen molar-refractivity contribution >= 4 is 17.5 Å². The van der Waals surface area contributed by atoms with E-state index in [0.29, 0.717) is 17.9 Å². The summed E-state index contributed by atoms with van der Waals surface area (Å²) in [6.45, 7) is 0.985. The van der Waals surface area contributed by atoms with Crippen LogP contribution in [0, 0.1) is 5.92 Å². The maximum atomic E-state index is 12.3. The van der Waals surface area contributed by atoms with Gasteiger partial charge in [0.15, 0.2) is 0 Å². The maximum Gasteiger partial charge on any atom is 0.223 e. The standard InChI is InChI=1S/C14H24ClNO/c15-9-3-7-13-8-4-10-16(13)14(17)11-12-5-1-2-6-12/h12-13H,1-11H2. The Morgan fingerprint density at radius 3 is 2.65 bits per heavy atom. The third kappa shape index (κ3) is 3.61. The zero-order chi connectivity index (χ0) is 12.1. The van der Waals surface area contributed by atoms with Crippen molar-refractivity contribution in [3.05, 3.63) is 0 Å². The molecule has 1 saturated heterocycles. The van der Waals surface area contributed by atoms with E-state index in [4.69, 9.17) is 11.6 Å². The summed E-state index contributed by atoms with van der Waals surface area (Å²) in [4.78, 5) is 14.4. The SMILES string of the molecule is O=C(CC1CCCC1)N1CCCC1CCCCl. The van der Waals surface area contributed by atoms with Crippen molar-refractivity contribution in [1.29, 1.82) is 0 Å². The molecule has 1 aliphatic carbocycles. The number of nitrogens with zero attached hydrogens (tertiary/aromatic N) is 1. The van der Waals surface area contributed by atoms with Crippen LogP contribution >= 0.6 is 11.6 Å².